The molecule has 3 fully saturated rings. The molecule has 0 heterocycles. The fourth-order valence-corrected chi connectivity index (χ4v) is 9.01. The predicted molar refractivity (Wildman–Crippen MR) is 92.7 cm³/mol. The summed E-state index contributed by atoms with van der Waals surface area (Å²) in [4.78, 5) is 0. The topological polar surface area (TPSA) is 0 Å². The van der Waals surface area contributed by atoms with Crippen LogP contribution in [-0.2, 0) is 0 Å². The predicted octanol–water partition coefficient (Wildman–Crippen LogP) is 6.30. The Kier molecular flexibility index (Phi) is 6.01. The molecule has 1 unspecified atom stereocenters. The van der Waals surface area contributed by atoms with Crippen LogP contribution in [0.5, 0.6) is 0 Å². The van der Waals surface area contributed by atoms with E-state index in [0.29, 0.717) is 0 Å². The Bertz CT molecular complexity index is 290. The van der Waals surface area contributed by atoms with Gasteiger partial charge in [0.05, 0.1) is 0 Å². The maximum atomic E-state index is 2.45. The van der Waals surface area contributed by atoms with Gasteiger partial charge in [-0.2, -0.15) is 0 Å². The van der Waals surface area contributed by atoms with E-state index < -0.39 is 0 Å². The molecule has 3 rings (SSSR count). The molecule has 0 nitrogen and oxygen atoms in total. The van der Waals surface area contributed by atoms with E-state index in [4.69, 9.17) is 0 Å². The third-order valence-electron chi connectivity index (χ3n) is 7.24. The van der Waals surface area contributed by atoms with Gasteiger partial charge in [0.2, 0.25) is 0 Å². The second-order valence-electron chi connectivity index (χ2n) is 8.34. The number of hydrogen-bond acceptors (Lipinski definition) is 0. The molecule has 0 N–H and O–H groups in total. The minimum atomic E-state index is 0.782. The van der Waals surface area contributed by atoms with Gasteiger partial charge in [-0.3, -0.25) is 0 Å². The molecular formula is C20H35Sn. The van der Waals surface area contributed by atoms with Gasteiger partial charge >= 0.3 is 146 Å². The third kappa shape index (κ3) is 3.36. The van der Waals surface area contributed by atoms with Crippen LogP contribution in [0.3, 0.4) is 0 Å². The first kappa shape index (κ1) is 16.6. The van der Waals surface area contributed by atoms with Crippen LogP contribution in [0.15, 0.2) is 0 Å². The van der Waals surface area contributed by atoms with E-state index in [1.54, 1.807) is 44.9 Å². The van der Waals surface area contributed by atoms with Crippen LogP contribution in [0.25, 0.3) is 0 Å². The molecule has 119 valence electrons. The van der Waals surface area contributed by atoms with Crippen molar-refractivity contribution in [1.82, 2.24) is 0 Å². The zero-order valence-electron chi connectivity index (χ0n) is 14.2. The van der Waals surface area contributed by atoms with Gasteiger partial charge in [0.1, 0.15) is 0 Å². The fourth-order valence-electron chi connectivity index (χ4n) is 6.28. The minimum absolute atomic E-state index is 0.782. The van der Waals surface area contributed by atoms with Gasteiger partial charge in [0.15, 0.2) is 0 Å². The molecule has 0 saturated heterocycles. The summed E-state index contributed by atoms with van der Waals surface area (Å²) >= 11 is 1.94. The second kappa shape index (κ2) is 7.58. The standard InChI is InChI=1S/C20H35.Sn/c1-2-9-19(16-10-3-4-11-16)20(17-12-5-6-13-17)18-14-7-8-15-18;/h16-19H,2-15H2,1H3;. The first-order valence-electron chi connectivity index (χ1n) is 10.0. The molecule has 1 atom stereocenters. The molecule has 3 aliphatic rings. The van der Waals surface area contributed by atoms with Gasteiger partial charge in [-0.25, -0.2) is 0 Å². The molecule has 3 radical (unpaired) electrons. The van der Waals surface area contributed by atoms with Crippen molar-refractivity contribution < 1.29 is 0 Å². The van der Waals surface area contributed by atoms with Crippen molar-refractivity contribution in [2.24, 2.45) is 23.7 Å². The van der Waals surface area contributed by atoms with Crippen molar-refractivity contribution in [2.75, 3.05) is 0 Å². The Labute approximate surface area is 146 Å². The van der Waals surface area contributed by atoms with Crippen molar-refractivity contribution in [1.29, 1.82) is 0 Å². The molecule has 3 saturated carbocycles. The van der Waals surface area contributed by atoms with Crippen LogP contribution in [-0.4, -0.2) is 22.5 Å². The summed E-state index contributed by atoms with van der Waals surface area (Å²) < 4.78 is 0.782. The van der Waals surface area contributed by atoms with Gasteiger partial charge in [-0.15, -0.1) is 0 Å². The Morgan fingerprint density at radius 3 is 1.67 bits per heavy atom. The van der Waals surface area contributed by atoms with Crippen molar-refractivity contribution in [3.8, 4) is 0 Å². The molecule has 3 aliphatic carbocycles. The molecule has 0 bridgehead atoms. The molecule has 0 aliphatic heterocycles. The van der Waals surface area contributed by atoms with Crippen molar-refractivity contribution in [3.63, 3.8) is 0 Å². The van der Waals surface area contributed by atoms with Gasteiger partial charge in [0, 0.05) is 0 Å². The maximum absolute atomic E-state index is 2.45. The van der Waals surface area contributed by atoms with Gasteiger partial charge in [-0.1, -0.05) is 0 Å². The Morgan fingerprint density at radius 1 is 0.810 bits per heavy atom. The monoisotopic (exact) mass is 395 g/mol. The number of hydrogen-bond donors (Lipinski definition) is 0. The van der Waals surface area contributed by atoms with E-state index in [0.717, 1.165) is 27.1 Å². The summed E-state index contributed by atoms with van der Waals surface area (Å²) in [6, 6.07) is 0. The van der Waals surface area contributed by atoms with Gasteiger partial charge < -0.3 is 0 Å². The van der Waals surface area contributed by atoms with Crippen LogP contribution in [0.2, 0.25) is 3.43 Å². The average Bonchev–Trinajstić information content (AvgIpc) is 3.27. The molecule has 0 aromatic rings. The summed E-state index contributed by atoms with van der Waals surface area (Å²) in [5, 5.41) is 0. The summed E-state index contributed by atoms with van der Waals surface area (Å²) in [6.07, 6.45) is 21.6. The van der Waals surface area contributed by atoms with E-state index in [-0.39, 0.29) is 0 Å². The van der Waals surface area contributed by atoms with Crippen LogP contribution in [0, 0.1) is 23.7 Å². The van der Waals surface area contributed by atoms with E-state index >= 15 is 0 Å². The Balaban J connectivity index is 1.86. The van der Waals surface area contributed by atoms with Crippen molar-refractivity contribution >= 4 is 22.5 Å². The van der Waals surface area contributed by atoms with Crippen LogP contribution in [0.4, 0.5) is 0 Å². The molecule has 21 heavy (non-hydrogen) atoms. The molecule has 0 aromatic carbocycles. The quantitative estimate of drug-likeness (QED) is 0.464. The zero-order chi connectivity index (χ0) is 14.7. The normalized spacial score (nSPS) is 27.7. The summed E-state index contributed by atoms with van der Waals surface area (Å²) in [6.45, 7) is 2.45. The number of rotatable bonds is 6. The molecular weight excluding hydrogens is 359 g/mol. The first-order chi connectivity index (χ1) is 10.3. The summed E-state index contributed by atoms with van der Waals surface area (Å²) in [5.74, 6) is 4.41. The van der Waals surface area contributed by atoms with Crippen molar-refractivity contribution in [2.45, 2.75) is 100 Å². The molecule has 1 heteroatoms. The Morgan fingerprint density at radius 2 is 1.24 bits per heavy atom. The van der Waals surface area contributed by atoms with Gasteiger partial charge in [-0.05, 0) is 0 Å². The van der Waals surface area contributed by atoms with E-state index in [1.807, 2.05) is 22.5 Å². The summed E-state index contributed by atoms with van der Waals surface area (Å²) in [5.41, 5.74) is 0. The summed E-state index contributed by atoms with van der Waals surface area (Å²) in [7, 11) is 0. The average molecular weight is 394 g/mol. The molecule has 0 spiro atoms. The van der Waals surface area contributed by atoms with E-state index in [2.05, 4.69) is 6.92 Å². The molecule has 0 amide bonds. The van der Waals surface area contributed by atoms with E-state index in [1.165, 1.54) is 44.9 Å². The fraction of sp³-hybridized carbons (Fsp3) is 1.00. The second-order valence-corrected chi connectivity index (χ2v) is 10.8. The first-order valence-corrected chi connectivity index (χ1v) is 11.4. The SMILES string of the molecule is CCCC(C1CCCC1)[C]([Sn])(C1CCCC1)C1CCCC1. The Hall–Kier alpha value is 0.799. The van der Waals surface area contributed by atoms with Crippen LogP contribution < -0.4 is 0 Å². The van der Waals surface area contributed by atoms with Crippen LogP contribution >= 0.6 is 0 Å². The van der Waals surface area contributed by atoms with E-state index in [9.17, 15) is 0 Å². The van der Waals surface area contributed by atoms with Crippen molar-refractivity contribution in [3.05, 3.63) is 0 Å². The third-order valence-corrected chi connectivity index (χ3v) is 10.6. The zero-order valence-corrected chi connectivity index (χ0v) is 17.1. The van der Waals surface area contributed by atoms with Crippen LogP contribution in [0.1, 0.15) is 96.8 Å². The van der Waals surface area contributed by atoms with Gasteiger partial charge in [0.25, 0.3) is 0 Å². The molecule has 0 aromatic heterocycles.